The Morgan fingerprint density at radius 3 is 1.86 bits per heavy atom. The Morgan fingerprint density at radius 2 is 1.26 bits per heavy atom. The van der Waals surface area contributed by atoms with Crippen molar-refractivity contribution in [2.45, 2.75) is 50.7 Å². The smallest absolute Gasteiger partial charge is 0.331 e. The van der Waals surface area contributed by atoms with E-state index in [2.05, 4.69) is 47.1 Å². The lowest BCUT2D eigenvalue weighted by molar-refractivity contribution is -0.141. The molecule has 0 aliphatic heterocycles. The first-order valence-electron chi connectivity index (χ1n) is 19.7. The number of nitrogens with one attached hydrogen (secondary N) is 2. The molecule has 342 valence electrons. The summed E-state index contributed by atoms with van der Waals surface area (Å²) in [7, 11) is 1.82. The van der Waals surface area contributed by atoms with Crippen molar-refractivity contribution < 1.29 is 49.2 Å². The molecule has 2 amide bonds. The zero-order valence-corrected chi connectivity index (χ0v) is 35.2. The van der Waals surface area contributed by atoms with E-state index in [1.807, 2.05) is 30.1 Å². The van der Waals surface area contributed by atoms with Gasteiger partial charge in [-0.25, -0.2) is 29.3 Å². The van der Waals surface area contributed by atoms with Crippen LogP contribution in [-0.2, 0) is 38.6 Å². The third kappa shape index (κ3) is 13.0. The Hall–Kier alpha value is -9.02. The number of nitrogens with zero attached hydrogens (tertiary/aromatic N) is 7. The number of hydrogen-bond acceptors (Lipinski definition) is 17. The quantitative estimate of drug-likeness (QED) is 0.0552. The van der Waals surface area contributed by atoms with Crippen LogP contribution < -0.4 is 38.5 Å². The fourth-order valence-electron chi connectivity index (χ4n) is 6.29. The van der Waals surface area contributed by atoms with E-state index in [1.165, 1.54) is 12.1 Å². The van der Waals surface area contributed by atoms with Gasteiger partial charge in [-0.3, -0.25) is 14.4 Å². The lowest BCUT2D eigenvalue weighted by Gasteiger charge is -2.19. The van der Waals surface area contributed by atoms with Crippen LogP contribution in [0.3, 0.4) is 0 Å². The molecule has 0 bridgehead atoms. The number of rotatable bonds is 18. The molecule has 23 nitrogen and oxygen atoms in total. The number of anilines is 5. The molecule has 0 radical (unpaired) electrons. The van der Waals surface area contributed by atoms with Crippen LogP contribution in [0, 0.1) is 0 Å². The fourth-order valence-corrected chi connectivity index (χ4v) is 6.29. The molecule has 14 N–H and O–H groups in total. The van der Waals surface area contributed by atoms with E-state index < -0.39 is 54.2 Å². The second-order valence-electron chi connectivity index (χ2n) is 14.7. The summed E-state index contributed by atoms with van der Waals surface area (Å²) in [4.78, 5) is 95.5. The van der Waals surface area contributed by atoms with Gasteiger partial charge in [-0.15, -0.1) is 0 Å². The highest BCUT2D eigenvalue weighted by Crippen LogP contribution is 2.22. The first-order chi connectivity index (χ1) is 31.3. The molecule has 0 spiro atoms. The van der Waals surface area contributed by atoms with Crippen molar-refractivity contribution in [3.8, 4) is 0 Å². The highest BCUT2D eigenvalue weighted by atomic mass is 16.4. The number of carbonyl (C=O) groups is 6. The summed E-state index contributed by atoms with van der Waals surface area (Å²) in [5.74, 6) is -5.73. The Morgan fingerprint density at radius 1 is 0.697 bits per heavy atom. The third-order valence-corrected chi connectivity index (χ3v) is 9.80. The number of hydrogen-bond donors (Lipinski definition) is 10. The number of carbonyl (C=O) groups excluding carboxylic acids is 2. The summed E-state index contributed by atoms with van der Waals surface area (Å²) in [5, 5.41) is 41.4. The van der Waals surface area contributed by atoms with Crippen molar-refractivity contribution in [3.05, 3.63) is 113 Å². The van der Waals surface area contributed by atoms with E-state index in [1.54, 1.807) is 42.6 Å². The standard InChI is InChI=1S/C23H23N5O5.C20H22N8O5/c1-12(21(30)31)10-18(22(32)33)26-20(29)15-7-4-13(5-8-15)2-3-14-6-9-17-16(11-14)19(24)28-23(25)27-17;1-28(9-11-8-23-17-15(24-11)16(21)26-20(22)27-17)12-4-2-10(3-5-12)18(31)25-13(19(32)33)6-7-14(29)30/h4-9,11,18H,1-3,10H2,(H,26,29)(H,30,31)(H,32,33)(H4,24,25,27,28);2-5,8,13H,6-7,9H2,1H3,(H,25,31)(H,29,30)(H,32,33)(H4,21,22,23,26,27)/t18-;13-/m00/s1. The SMILES string of the molecule is C=C(C[C@H](NC(=O)c1ccc(CCc2ccc3nc(N)nc(N)c3c2)cc1)C(=O)O)C(=O)O.CN(Cc1cnc2nc(N)nc(N)c2n1)c1ccc(C(=O)N[C@@H](CCC(=O)O)C(=O)O)cc1. The summed E-state index contributed by atoms with van der Waals surface area (Å²) in [6.07, 6.45) is 1.97. The van der Waals surface area contributed by atoms with Gasteiger partial charge in [0.1, 0.15) is 17.9 Å². The number of nitrogen functional groups attached to an aromatic ring is 4. The molecule has 0 fully saturated rings. The van der Waals surface area contributed by atoms with Gasteiger partial charge in [-0.2, -0.15) is 15.0 Å². The van der Waals surface area contributed by atoms with Crippen molar-refractivity contribution in [3.63, 3.8) is 0 Å². The highest BCUT2D eigenvalue weighted by molar-refractivity contribution is 5.98. The number of amides is 2. The molecule has 0 saturated carbocycles. The van der Waals surface area contributed by atoms with Crippen molar-refractivity contribution in [2.75, 3.05) is 34.9 Å². The number of aromatic nitrogens is 6. The number of carboxylic acids is 4. The zero-order chi connectivity index (χ0) is 48.2. The van der Waals surface area contributed by atoms with Gasteiger partial charge in [-0.05, 0) is 78.9 Å². The Balaban J connectivity index is 0.000000247. The lowest BCUT2D eigenvalue weighted by Crippen LogP contribution is -2.41. The maximum absolute atomic E-state index is 12.4. The van der Waals surface area contributed by atoms with Crippen LogP contribution >= 0.6 is 0 Å². The average molecular weight is 904 g/mol. The summed E-state index contributed by atoms with van der Waals surface area (Å²) in [6, 6.07) is 16.2. The van der Waals surface area contributed by atoms with Crippen LogP contribution in [0.2, 0.25) is 0 Å². The molecule has 0 saturated heterocycles. The van der Waals surface area contributed by atoms with Gasteiger partial charge in [0.2, 0.25) is 11.9 Å². The van der Waals surface area contributed by atoms with Gasteiger partial charge in [0.25, 0.3) is 11.8 Å². The molecule has 3 aromatic heterocycles. The second kappa shape index (κ2) is 21.4. The van der Waals surface area contributed by atoms with E-state index in [0.717, 1.165) is 22.2 Å². The van der Waals surface area contributed by atoms with E-state index >= 15 is 0 Å². The number of nitrogens with two attached hydrogens (primary N) is 4. The number of aliphatic carboxylic acids is 4. The van der Waals surface area contributed by atoms with Crippen LogP contribution in [0.1, 0.15) is 56.8 Å². The molecular formula is C43H45N13O10. The minimum atomic E-state index is -1.39. The number of carboxylic acid groups (broad SMARTS) is 4. The van der Waals surface area contributed by atoms with Gasteiger partial charge < -0.3 is 58.9 Å². The molecule has 3 heterocycles. The minimum absolute atomic E-state index is 0.0138. The number of fused-ring (bicyclic) bond motifs is 2. The van der Waals surface area contributed by atoms with Crippen molar-refractivity contribution in [2.24, 2.45) is 0 Å². The largest absolute Gasteiger partial charge is 0.481 e. The first-order valence-corrected chi connectivity index (χ1v) is 19.7. The normalized spacial score (nSPS) is 11.7. The van der Waals surface area contributed by atoms with Crippen LogP contribution in [0.4, 0.5) is 29.2 Å². The molecule has 3 aromatic carbocycles. The minimum Gasteiger partial charge on any atom is -0.481 e. The Labute approximate surface area is 374 Å². The van der Waals surface area contributed by atoms with Gasteiger partial charge in [0.15, 0.2) is 17.0 Å². The van der Waals surface area contributed by atoms with Crippen LogP contribution in [0.5, 0.6) is 0 Å². The maximum atomic E-state index is 12.4. The van der Waals surface area contributed by atoms with Gasteiger partial charge in [0.05, 0.1) is 24.0 Å². The van der Waals surface area contributed by atoms with Crippen molar-refractivity contribution in [1.29, 1.82) is 0 Å². The van der Waals surface area contributed by atoms with E-state index in [4.69, 9.17) is 33.1 Å². The van der Waals surface area contributed by atoms with Gasteiger partial charge in [-0.1, -0.05) is 24.8 Å². The fraction of sp³-hybridized carbons (Fsp3) is 0.209. The monoisotopic (exact) mass is 903 g/mol. The van der Waals surface area contributed by atoms with Crippen LogP contribution in [-0.4, -0.2) is 105 Å². The predicted molar refractivity (Wildman–Crippen MR) is 241 cm³/mol. The van der Waals surface area contributed by atoms with Crippen molar-refractivity contribution >= 4 is 87.0 Å². The molecule has 6 rings (SSSR count). The van der Waals surface area contributed by atoms with E-state index in [0.29, 0.717) is 47.6 Å². The van der Waals surface area contributed by atoms with Gasteiger partial charge in [0, 0.05) is 47.7 Å². The van der Waals surface area contributed by atoms with E-state index in [9.17, 15) is 39.0 Å². The first kappa shape index (κ1) is 48.0. The molecule has 66 heavy (non-hydrogen) atoms. The highest BCUT2D eigenvalue weighted by Gasteiger charge is 2.24. The van der Waals surface area contributed by atoms with Crippen LogP contribution in [0.15, 0.2) is 85.1 Å². The summed E-state index contributed by atoms with van der Waals surface area (Å²) >= 11 is 0. The van der Waals surface area contributed by atoms with Gasteiger partial charge >= 0.3 is 23.9 Å². The average Bonchev–Trinajstić information content (AvgIpc) is 3.27. The predicted octanol–water partition coefficient (Wildman–Crippen LogP) is 2.06. The topological polar surface area (TPSA) is 392 Å². The van der Waals surface area contributed by atoms with Crippen molar-refractivity contribution in [1.82, 2.24) is 40.5 Å². The molecule has 0 aliphatic rings. The van der Waals surface area contributed by atoms with Crippen LogP contribution in [0.25, 0.3) is 22.1 Å². The maximum Gasteiger partial charge on any atom is 0.331 e. The summed E-state index contributed by atoms with van der Waals surface area (Å²) < 4.78 is 0. The molecule has 0 aliphatic carbocycles. The summed E-state index contributed by atoms with van der Waals surface area (Å²) in [5.41, 5.74) is 27.8. The molecule has 0 unspecified atom stereocenters. The second-order valence-corrected chi connectivity index (χ2v) is 14.7. The number of aryl methyl sites for hydroxylation is 2. The molecule has 23 heteroatoms. The molecule has 2 atom stereocenters. The summed E-state index contributed by atoms with van der Waals surface area (Å²) in [6.45, 7) is 3.67. The Bertz CT molecular complexity index is 2830. The third-order valence-electron chi connectivity index (χ3n) is 9.80. The lowest BCUT2D eigenvalue weighted by atomic mass is 10.0. The zero-order valence-electron chi connectivity index (χ0n) is 35.2. The molecular weight excluding hydrogens is 859 g/mol. The Kier molecular flexibility index (Phi) is 15.5. The number of benzene rings is 3. The van der Waals surface area contributed by atoms with E-state index in [-0.39, 0.29) is 47.3 Å². The molecule has 6 aromatic rings.